The fourth-order valence-electron chi connectivity index (χ4n) is 2.18. The first-order valence-electron chi connectivity index (χ1n) is 6.02. The number of aryl methyl sites for hydroxylation is 1. The van der Waals surface area contributed by atoms with E-state index in [1.807, 2.05) is 13.0 Å². The van der Waals surface area contributed by atoms with Crippen LogP contribution in [0.2, 0.25) is 0 Å². The first kappa shape index (κ1) is 11.3. The number of nitrogens with one attached hydrogen (secondary N) is 2. The van der Waals surface area contributed by atoms with Gasteiger partial charge in [-0.25, -0.2) is 0 Å². The van der Waals surface area contributed by atoms with Crippen molar-refractivity contribution < 1.29 is 5.11 Å². The number of hydrogen-bond donors (Lipinski definition) is 3. The molecule has 0 aliphatic carbocycles. The maximum absolute atomic E-state index is 9.31. The molecule has 3 nitrogen and oxygen atoms in total. The number of phenolic OH excluding ortho intramolecular Hbond substituents is 1. The molecule has 1 atom stereocenters. The Morgan fingerprint density at radius 2 is 2.31 bits per heavy atom. The summed E-state index contributed by atoms with van der Waals surface area (Å²) in [5, 5.41) is 16.3. The lowest BCUT2D eigenvalue weighted by Gasteiger charge is -2.24. The summed E-state index contributed by atoms with van der Waals surface area (Å²) < 4.78 is 0. The summed E-state index contributed by atoms with van der Waals surface area (Å²) >= 11 is 0. The van der Waals surface area contributed by atoms with Gasteiger partial charge >= 0.3 is 0 Å². The Bertz CT molecular complexity index is 346. The highest BCUT2D eigenvalue weighted by atomic mass is 16.3. The van der Waals surface area contributed by atoms with Crippen molar-refractivity contribution >= 4 is 5.69 Å². The van der Waals surface area contributed by atoms with Gasteiger partial charge in [-0.3, -0.25) is 0 Å². The summed E-state index contributed by atoms with van der Waals surface area (Å²) in [5.41, 5.74) is 2.21. The second-order valence-electron chi connectivity index (χ2n) is 4.53. The Morgan fingerprint density at radius 1 is 1.44 bits per heavy atom. The Kier molecular flexibility index (Phi) is 3.67. The summed E-state index contributed by atoms with van der Waals surface area (Å²) in [4.78, 5) is 0. The molecule has 1 aliphatic heterocycles. The molecule has 2 rings (SSSR count). The van der Waals surface area contributed by atoms with Crippen LogP contribution in [0.4, 0.5) is 5.69 Å². The first-order valence-corrected chi connectivity index (χ1v) is 6.02. The predicted octanol–water partition coefficient (Wildman–Crippen LogP) is 2.25. The molecule has 3 heteroatoms. The Balaban J connectivity index is 1.88. The molecule has 88 valence electrons. The van der Waals surface area contributed by atoms with Gasteiger partial charge in [0, 0.05) is 18.3 Å². The molecule has 0 saturated carbocycles. The first-order chi connectivity index (χ1) is 7.75. The van der Waals surface area contributed by atoms with Crippen LogP contribution in [0.25, 0.3) is 0 Å². The van der Waals surface area contributed by atoms with E-state index in [1.54, 1.807) is 12.1 Å². The summed E-state index contributed by atoms with van der Waals surface area (Å²) in [6, 6.07) is 6.04. The SMILES string of the molecule is Cc1cc(O)ccc1NCC1CCCCN1. The third-order valence-corrected chi connectivity index (χ3v) is 3.16. The van der Waals surface area contributed by atoms with Crippen LogP contribution in [0.3, 0.4) is 0 Å². The summed E-state index contributed by atoms with van der Waals surface area (Å²) in [5.74, 6) is 0.332. The molecule has 0 bridgehead atoms. The van der Waals surface area contributed by atoms with Crippen molar-refractivity contribution in [3.05, 3.63) is 23.8 Å². The molecule has 3 N–H and O–H groups in total. The maximum atomic E-state index is 9.31. The molecule has 16 heavy (non-hydrogen) atoms. The minimum atomic E-state index is 0.332. The summed E-state index contributed by atoms with van der Waals surface area (Å²) in [6.45, 7) is 4.11. The average Bonchev–Trinajstić information content (AvgIpc) is 2.29. The maximum Gasteiger partial charge on any atom is 0.115 e. The lowest BCUT2D eigenvalue weighted by molar-refractivity contribution is 0.414. The van der Waals surface area contributed by atoms with Crippen molar-refractivity contribution in [1.82, 2.24) is 5.32 Å². The lowest BCUT2D eigenvalue weighted by atomic mass is 10.0. The van der Waals surface area contributed by atoms with Gasteiger partial charge in [0.2, 0.25) is 0 Å². The van der Waals surface area contributed by atoms with Crippen molar-refractivity contribution in [2.45, 2.75) is 32.2 Å². The minimum Gasteiger partial charge on any atom is -0.508 e. The lowest BCUT2D eigenvalue weighted by Crippen LogP contribution is -2.39. The molecule has 0 aromatic heterocycles. The van der Waals surface area contributed by atoms with E-state index in [4.69, 9.17) is 0 Å². The molecule has 0 radical (unpaired) electrons. The minimum absolute atomic E-state index is 0.332. The van der Waals surface area contributed by atoms with Crippen LogP contribution in [0.5, 0.6) is 5.75 Å². The van der Waals surface area contributed by atoms with Crippen LogP contribution in [0, 0.1) is 6.92 Å². The second-order valence-corrected chi connectivity index (χ2v) is 4.53. The van der Waals surface area contributed by atoms with Crippen LogP contribution in [0.15, 0.2) is 18.2 Å². The van der Waals surface area contributed by atoms with Gasteiger partial charge in [-0.05, 0) is 50.1 Å². The predicted molar refractivity (Wildman–Crippen MR) is 67.0 cm³/mol. The number of piperidine rings is 1. The Morgan fingerprint density at radius 3 is 3.00 bits per heavy atom. The number of hydrogen-bond acceptors (Lipinski definition) is 3. The van der Waals surface area contributed by atoms with Gasteiger partial charge in [-0.2, -0.15) is 0 Å². The van der Waals surface area contributed by atoms with E-state index in [2.05, 4.69) is 10.6 Å². The van der Waals surface area contributed by atoms with Gasteiger partial charge in [0.05, 0.1) is 0 Å². The number of phenols is 1. The molecular formula is C13H20N2O. The van der Waals surface area contributed by atoms with E-state index in [0.717, 1.165) is 24.3 Å². The number of anilines is 1. The van der Waals surface area contributed by atoms with Crippen LogP contribution >= 0.6 is 0 Å². The zero-order valence-electron chi connectivity index (χ0n) is 9.79. The molecule has 1 saturated heterocycles. The fraction of sp³-hybridized carbons (Fsp3) is 0.538. The topological polar surface area (TPSA) is 44.3 Å². The fourth-order valence-corrected chi connectivity index (χ4v) is 2.18. The summed E-state index contributed by atoms with van der Waals surface area (Å²) in [7, 11) is 0. The van der Waals surface area contributed by atoms with Crippen molar-refractivity contribution in [1.29, 1.82) is 0 Å². The second kappa shape index (κ2) is 5.21. The van der Waals surface area contributed by atoms with Gasteiger partial charge in [0.15, 0.2) is 0 Å². The molecule has 1 fully saturated rings. The molecule has 0 amide bonds. The van der Waals surface area contributed by atoms with Gasteiger partial charge in [0.25, 0.3) is 0 Å². The highest BCUT2D eigenvalue weighted by molar-refractivity contribution is 5.53. The largest absolute Gasteiger partial charge is 0.508 e. The monoisotopic (exact) mass is 220 g/mol. The highest BCUT2D eigenvalue weighted by Gasteiger charge is 2.12. The molecule has 1 aliphatic rings. The quantitative estimate of drug-likeness (QED) is 0.685. The van der Waals surface area contributed by atoms with Gasteiger partial charge in [0.1, 0.15) is 5.75 Å². The van der Waals surface area contributed by atoms with Gasteiger partial charge in [-0.1, -0.05) is 6.42 Å². The van der Waals surface area contributed by atoms with Crippen LogP contribution in [-0.4, -0.2) is 24.2 Å². The van der Waals surface area contributed by atoms with Crippen molar-refractivity contribution in [3.63, 3.8) is 0 Å². The summed E-state index contributed by atoms with van der Waals surface area (Å²) in [6.07, 6.45) is 3.88. The molecule has 1 heterocycles. The highest BCUT2D eigenvalue weighted by Crippen LogP contribution is 2.20. The third-order valence-electron chi connectivity index (χ3n) is 3.16. The molecule has 1 aromatic rings. The van der Waals surface area contributed by atoms with Crippen LogP contribution in [0.1, 0.15) is 24.8 Å². The van der Waals surface area contributed by atoms with E-state index in [9.17, 15) is 5.11 Å². The van der Waals surface area contributed by atoms with Crippen molar-refractivity contribution in [3.8, 4) is 5.75 Å². The van der Waals surface area contributed by atoms with Crippen molar-refractivity contribution in [2.75, 3.05) is 18.4 Å². The number of aromatic hydroxyl groups is 1. The van der Waals surface area contributed by atoms with Gasteiger partial charge < -0.3 is 15.7 Å². The Hall–Kier alpha value is -1.22. The molecular weight excluding hydrogens is 200 g/mol. The third kappa shape index (κ3) is 2.89. The van der Waals surface area contributed by atoms with E-state index in [-0.39, 0.29) is 0 Å². The number of benzene rings is 1. The smallest absolute Gasteiger partial charge is 0.115 e. The standard InChI is InChI=1S/C13H20N2O/c1-10-8-12(16)5-6-13(10)15-9-11-4-2-3-7-14-11/h5-6,8,11,14-16H,2-4,7,9H2,1H3. The van der Waals surface area contributed by atoms with Crippen molar-refractivity contribution in [2.24, 2.45) is 0 Å². The zero-order valence-corrected chi connectivity index (χ0v) is 9.79. The molecule has 0 spiro atoms. The number of rotatable bonds is 3. The van der Waals surface area contributed by atoms with E-state index in [1.165, 1.54) is 19.3 Å². The van der Waals surface area contributed by atoms with Gasteiger partial charge in [-0.15, -0.1) is 0 Å². The Labute approximate surface area is 96.9 Å². The van der Waals surface area contributed by atoms with Crippen LogP contribution in [-0.2, 0) is 0 Å². The van der Waals surface area contributed by atoms with E-state index < -0.39 is 0 Å². The van der Waals surface area contributed by atoms with Crippen LogP contribution < -0.4 is 10.6 Å². The zero-order chi connectivity index (χ0) is 11.4. The van der Waals surface area contributed by atoms with E-state index in [0.29, 0.717) is 11.8 Å². The molecule has 1 aromatic carbocycles. The normalized spacial score (nSPS) is 20.7. The average molecular weight is 220 g/mol. The molecule has 1 unspecified atom stereocenters. The van der Waals surface area contributed by atoms with E-state index >= 15 is 0 Å².